The minimum absolute atomic E-state index is 0.241. The minimum Gasteiger partial charge on any atom is -0.380 e. The molecule has 3 rings (SSSR count). The maximum atomic E-state index is 13.1. The van der Waals surface area contributed by atoms with Gasteiger partial charge >= 0.3 is 0 Å². The lowest BCUT2D eigenvalue weighted by molar-refractivity contribution is 0.185. The molecule has 0 spiro atoms. The van der Waals surface area contributed by atoms with Gasteiger partial charge in [0.15, 0.2) is 0 Å². The standard InChI is InChI=1S/C18H20FNO3S/c1-23-13-14-4-10-17(11-5-14)24(21,22)20-12-2-3-18(20)15-6-8-16(19)9-7-15/h4-11,18H,2-3,12-13H2,1H3. The van der Waals surface area contributed by atoms with E-state index in [9.17, 15) is 12.8 Å². The first-order chi connectivity index (χ1) is 11.5. The zero-order valence-electron chi connectivity index (χ0n) is 13.5. The van der Waals surface area contributed by atoms with Gasteiger partial charge in [0.25, 0.3) is 0 Å². The lowest BCUT2D eigenvalue weighted by Gasteiger charge is -2.24. The molecule has 4 nitrogen and oxygen atoms in total. The van der Waals surface area contributed by atoms with Crippen LogP contribution in [0.5, 0.6) is 0 Å². The van der Waals surface area contributed by atoms with E-state index in [1.807, 2.05) is 0 Å². The first-order valence-corrected chi connectivity index (χ1v) is 9.31. The summed E-state index contributed by atoms with van der Waals surface area (Å²) in [5, 5.41) is 0. The molecule has 1 aliphatic rings. The van der Waals surface area contributed by atoms with Crippen LogP contribution >= 0.6 is 0 Å². The third-order valence-electron chi connectivity index (χ3n) is 4.30. The monoisotopic (exact) mass is 349 g/mol. The molecular weight excluding hydrogens is 329 g/mol. The summed E-state index contributed by atoms with van der Waals surface area (Å²) >= 11 is 0. The maximum Gasteiger partial charge on any atom is 0.243 e. The summed E-state index contributed by atoms with van der Waals surface area (Å²) < 4.78 is 45.6. The Kier molecular flexibility index (Phi) is 4.99. The number of halogens is 1. The van der Waals surface area contributed by atoms with Crippen LogP contribution in [0.25, 0.3) is 0 Å². The van der Waals surface area contributed by atoms with Crippen LogP contribution in [0.3, 0.4) is 0 Å². The number of nitrogens with zero attached hydrogens (tertiary/aromatic N) is 1. The average Bonchev–Trinajstić information content (AvgIpc) is 3.07. The molecule has 0 N–H and O–H groups in total. The van der Waals surface area contributed by atoms with E-state index in [2.05, 4.69) is 0 Å². The Morgan fingerprint density at radius 2 is 1.79 bits per heavy atom. The molecule has 0 saturated carbocycles. The molecule has 0 aromatic heterocycles. The van der Waals surface area contributed by atoms with Gasteiger partial charge in [-0.05, 0) is 48.2 Å². The van der Waals surface area contributed by atoms with Crippen molar-refractivity contribution in [2.24, 2.45) is 0 Å². The van der Waals surface area contributed by atoms with E-state index in [1.54, 1.807) is 43.5 Å². The second-order valence-electron chi connectivity index (χ2n) is 5.90. The Labute approximate surface area is 141 Å². The summed E-state index contributed by atoms with van der Waals surface area (Å²) in [6, 6.07) is 12.6. The van der Waals surface area contributed by atoms with Gasteiger partial charge in [0.05, 0.1) is 17.5 Å². The van der Waals surface area contributed by atoms with Crippen molar-refractivity contribution in [3.63, 3.8) is 0 Å². The van der Waals surface area contributed by atoms with E-state index in [0.717, 1.165) is 24.0 Å². The van der Waals surface area contributed by atoms with Gasteiger partial charge in [-0.1, -0.05) is 24.3 Å². The second-order valence-corrected chi connectivity index (χ2v) is 7.79. The van der Waals surface area contributed by atoms with E-state index in [0.29, 0.717) is 13.2 Å². The number of rotatable bonds is 5. The molecule has 0 amide bonds. The largest absolute Gasteiger partial charge is 0.380 e. The molecule has 24 heavy (non-hydrogen) atoms. The highest BCUT2D eigenvalue weighted by Gasteiger charge is 2.36. The van der Waals surface area contributed by atoms with E-state index in [-0.39, 0.29) is 16.8 Å². The van der Waals surface area contributed by atoms with Crippen molar-refractivity contribution in [3.8, 4) is 0 Å². The lowest BCUT2D eigenvalue weighted by atomic mass is 10.1. The Hall–Kier alpha value is -1.76. The number of ether oxygens (including phenoxy) is 1. The third kappa shape index (κ3) is 3.36. The lowest BCUT2D eigenvalue weighted by Crippen LogP contribution is -2.30. The van der Waals surface area contributed by atoms with Crippen LogP contribution in [-0.2, 0) is 21.4 Å². The molecule has 2 aromatic carbocycles. The fourth-order valence-electron chi connectivity index (χ4n) is 3.11. The first-order valence-electron chi connectivity index (χ1n) is 7.87. The van der Waals surface area contributed by atoms with E-state index >= 15 is 0 Å². The summed E-state index contributed by atoms with van der Waals surface area (Å²) in [6.07, 6.45) is 1.54. The normalized spacial score (nSPS) is 18.8. The van der Waals surface area contributed by atoms with Gasteiger partial charge in [0, 0.05) is 13.7 Å². The second kappa shape index (κ2) is 7.01. The number of sulfonamides is 1. The molecule has 128 valence electrons. The number of hydrogen-bond acceptors (Lipinski definition) is 3. The quantitative estimate of drug-likeness (QED) is 0.830. The van der Waals surface area contributed by atoms with Gasteiger partial charge in [-0.2, -0.15) is 4.31 Å². The van der Waals surface area contributed by atoms with Crippen LogP contribution in [0.4, 0.5) is 4.39 Å². The minimum atomic E-state index is -3.58. The zero-order chi connectivity index (χ0) is 17.2. The molecule has 0 radical (unpaired) electrons. The number of hydrogen-bond donors (Lipinski definition) is 0. The number of methoxy groups -OCH3 is 1. The van der Waals surface area contributed by atoms with Crippen molar-refractivity contribution in [1.82, 2.24) is 4.31 Å². The van der Waals surface area contributed by atoms with E-state index < -0.39 is 10.0 Å². The highest BCUT2D eigenvalue weighted by molar-refractivity contribution is 7.89. The summed E-state index contributed by atoms with van der Waals surface area (Å²) in [4.78, 5) is 0.274. The SMILES string of the molecule is COCc1ccc(S(=O)(=O)N2CCCC2c2ccc(F)cc2)cc1. The van der Waals surface area contributed by atoms with Crippen LogP contribution in [0.2, 0.25) is 0 Å². The van der Waals surface area contributed by atoms with Crippen molar-refractivity contribution in [2.45, 2.75) is 30.4 Å². The fourth-order valence-corrected chi connectivity index (χ4v) is 4.79. The first kappa shape index (κ1) is 17.1. The van der Waals surface area contributed by atoms with Crippen molar-refractivity contribution < 1.29 is 17.5 Å². The molecule has 1 fully saturated rings. The molecule has 2 aromatic rings. The molecule has 6 heteroatoms. The molecule has 1 atom stereocenters. The Morgan fingerprint density at radius 1 is 1.12 bits per heavy atom. The third-order valence-corrected chi connectivity index (χ3v) is 6.22. The topological polar surface area (TPSA) is 46.6 Å². The van der Waals surface area contributed by atoms with Crippen LogP contribution in [0, 0.1) is 5.82 Å². The van der Waals surface area contributed by atoms with E-state index in [4.69, 9.17) is 4.74 Å². The van der Waals surface area contributed by atoms with Crippen LogP contribution in [0.15, 0.2) is 53.4 Å². The smallest absolute Gasteiger partial charge is 0.243 e. The maximum absolute atomic E-state index is 13.1. The van der Waals surface area contributed by atoms with Gasteiger partial charge in [0.2, 0.25) is 10.0 Å². The van der Waals surface area contributed by atoms with Crippen molar-refractivity contribution >= 4 is 10.0 Å². The van der Waals surface area contributed by atoms with Crippen molar-refractivity contribution in [2.75, 3.05) is 13.7 Å². The Morgan fingerprint density at radius 3 is 2.42 bits per heavy atom. The Bertz CT molecular complexity index is 788. The zero-order valence-corrected chi connectivity index (χ0v) is 14.3. The van der Waals surface area contributed by atoms with Crippen molar-refractivity contribution in [1.29, 1.82) is 0 Å². The summed E-state index contributed by atoms with van der Waals surface area (Å²) in [6.45, 7) is 0.923. The average molecular weight is 349 g/mol. The predicted molar refractivity (Wildman–Crippen MR) is 89.4 cm³/mol. The van der Waals surface area contributed by atoms with Crippen molar-refractivity contribution in [3.05, 3.63) is 65.5 Å². The Balaban J connectivity index is 1.88. The van der Waals surface area contributed by atoms with Gasteiger partial charge in [-0.15, -0.1) is 0 Å². The summed E-state index contributed by atoms with van der Waals surface area (Å²) in [5.41, 5.74) is 1.75. The molecular formula is C18H20FNO3S. The molecule has 0 aliphatic carbocycles. The van der Waals surface area contributed by atoms with Gasteiger partial charge in [0.1, 0.15) is 5.82 Å². The number of benzene rings is 2. The van der Waals surface area contributed by atoms with Crippen LogP contribution in [0.1, 0.15) is 30.0 Å². The predicted octanol–water partition coefficient (Wildman–Crippen LogP) is 3.50. The van der Waals surface area contributed by atoms with Crippen LogP contribution in [-0.4, -0.2) is 26.4 Å². The fraction of sp³-hybridized carbons (Fsp3) is 0.333. The molecule has 1 saturated heterocycles. The summed E-state index contributed by atoms with van der Waals surface area (Å²) in [5.74, 6) is -0.320. The molecule has 1 heterocycles. The molecule has 1 unspecified atom stereocenters. The van der Waals surface area contributed by atoms with E-state index in [1.165, 1.54) is 16.4 Å². The van der Waals surface area contributed by atoms with Crippen LogP contribution < -0.4 is 0 Å². The van der Waals surface area contributed by atoms with Gasteiger partial charge in [-0.3, -0.25) is 0 Å². The summed E-state index contributed by atoms with van der Waals surface area (Å²) in [7, 11) is -1.98. The highest BCUT2D eigenvalue weighted by Crippen LogP contribution is 2.36. The molecule has 1 aliphatic heterocycles. The highest BCUT2D eigenvalue weighted by atomic mass is 32.2. The van der Waals surface area contributed by atoms with Gasteiger partial charge < -0.3 is 4.74 Å². The van der Waals surface area contributed by atoms with Gasteiger partial charge in [-0.25, -0.2) is 12.8 Å². The molecule has 0 bridgehead atoms.